The van der Waals surface area contributed by atoms with Gasteiger partial charge in [0.2, 0.25) is 0 Å². The van der Waals surface area contributed by atoms with Crippen molar-refractivity contribution in [3.8, 4) is 0 Å². The summed E-state index contributed by atoms with van der Waals surface area (Å²) in [6, 6.07) is 9.40. The largest absolute Gasteiger partial charge is 0.307 e. The maximum atomic E-state index is 11.7. The summed E-state index contributed by atoms with van der Waals surface area (Å²) in [6.07, 6.45) is 1.65. The fraction of sp³-hybridized carbons (Fsp3) is 0.0833. The maximum Gasteiger partial charge on any atom is 0.263 e. The highest BCUT2D eigenvalue weighted by Gasteiger charge is 2.22. The van der Waals surface area contributed by atoms with Gasteiger partial charge in [0.05, 0.1) is 4.91 Å². The number of amides is 1. The number of rotatable bonds is 3. The van der Waals surface area contributed by atoms with Gasteiger partial charge in [0, 0.05) is 12.5 Å². The summed E-state index contributed by atoms with van der Waals surface area (Å²) in [7, 11) is 0. The number of allylic oxidation sites excluding steroid dienone is 1. The van der Waals surface area contributed by atoms with Crippen LogP contribution >= 0.6 is 24.0 Å². The molecule has 1 aromatic carbocycles. The molecule has 0 unspecified atom stereocenters. The average Bonchev–Trinajstić information content (AvgIpc) is 2.58. The number of benzene rings is 1. The highest BCUT2D eigenvalue weighted by molar-refractivity contribution is 8.26. The molecule has 1 saturated heterocycles. The Bertz CT molecular complexity index is 508. The Morgan fingerprint density at radius 2 is 2.06 bits per heavy atom. The third kappa shape index (κ3) is 3.25. The van der Waals surface area contributed by atoms with E-state index in [0.29, 0.717) is 15.6 Å². The van der Waals surface area contributed by atoms with Crippen molar-refractivity contribution in [3.63, 3.8) is 0 Å². The van der Waals surface area contributed by atoms with E-state index in [4.69, 9.17) is 12.2 Å². The molecule has 0 aromatic heterocycles. The molecule has 1 N–H and O–H groups in total. The first-order chi connectivity index (χ1) is 8.15. The van der Waals surface area contributed by atoms with E-state index in [9.17, 15) is 9.59 Å². The Balaban J connectivity index is 2.05. The van der Waals surface area contributed by atoms with E-state index in [1.165, 1.54) is 6.08 Å². The molecule has 86 valence electrons. The Kier molecular flexibility index (Phi) is 3.71. The molecule has 1 aromatic rings. The second kappa shape index (κ2) is 5.25. The van der Waals surface area contributed by atoms with Crippen LogP contribution in [0.2, 0.25) is 0 Å². The lowest BCUT2D eigenvalue weighted by atomic mass is 10.1. The molecule has 1 amide bonds. The fourth-order valence-corrected chi connectivity index (χ4v) is 2.45. The Hall–Kier alpha value is -1.46. The van der Waals surface area contributed by atoms with Gasteiger partial charge in [0.1, 0.15) is 4.32 Å². The summed E-state index contributed by atoms with van der Waals surface area (Å²) < 4.78 is 0.397. The van der Waals surface area contributed by atoms with Gasteiger partial charge < -0.3 is 5.32 Å². The molecule has 0 aliphatic carbocycles. The van der Waals surface area contributed by atoms with Crippen LogP contribution < -0.4 is 5.32 Å². The number of ketones is 1. The van der Waals surface area contributed by atoms with Gasteiger partial charge in [0.25, 0.3) is 5.91 Å². The highest BCUT2D eigenvalue weighted by Crippen LogP contribution is 2.23. The van der Waals surface area contributed by atoms with Crippen LogP contribution in [0.3, 0.4) is 0 Å². The number of carbonyl (C=O) groups excluding carboxylic acids is 2. The summed E-state index contributed by atoms with van der Waals surface area (Å²) in [5.41, 5.74) is 0.931. The van der Waals surface area contributed by atoms with Crippen LogP contribution in [-0.2, 0) is 16.0 Å². The normalized spacial score (nSPS) is 17.3. The van der Waals surface area contributed by atoms with Crippen LogP contribution in [-0.4, -0.2) is 16.0 Å². The molecular weight excluding hydrogens is 254 g/mol. The summed E-state index contributed by atoms with van der Waals surface area (Å²) in [5, 5.41) is 2.47. The zero-order valence-electron chi connectivity index (χ0n) is 8.80. The van der Waals surface area contributed by atoms with Gasteiger partial charge in [-0.25, -0.2) is 0 Å². The van der Waals surface area contributed by atoms with Crippen molar-refractivity contribution in [3.05, 3.63) is 46.9 Å². The van der Waals surface area contributed by atoms with Gasteiger partial charge in [-0.2, -0.15) is 0 Å². The number of hydrogen-bond donors (Lipinski definition) is 1. The number of thioether (sulfide) groups is 1. The van der Waals surface area contributed by atoms with Gasteiger partial charge in [-0.1, -0.05) is 54.3 Å². The molecule has 0 atom stereocenters. The number of carbonyl (C=O) groups is 2. The molecule has 0 radical (unpaired) electrons. The van der Waals surface area contributed by atoms with Crippen molar-refractivity contribution in [2.24, 2.45) is 0 Å². The zero-order valence-corrected chi connectivity index (χ0v) is 10.4. The van der Waals surface area contributed by atoms with Crippen molar-refractivity contribution in [1.82, 2.24) is 5.32 Å². The monoisotopic (exact) mass is 263 g/mol. The molecule has 0 spiro atoms. The summed E-state index contributed by atoms with van der Waals surface area (Å²) in [6.45, 7) is 0. The van der Waals surface area contributed by atoms with Gasteiger partial charge in [-0.3, -0.25) is 9.59 Å². The van der Waals surface area contributed by atoms with Crippen LogP contribution in [0.15, 0.2) is 41.3 Å². The summed E-state index contributed by atoms with van der Waals surface area (Å²) in [5.74, 6) is -0.389. The van der Waals surface area contributed by atoms with Gasteiger partial charge in [-0.15, -0.1) is 0 Å². The Morgan fingerprint density at radius 3 is 2.65 bits per heavy atom. The van der Waals surface area contributed by atoms with E-state index in [1.54, 1.807) is 0 Å². The molecule has 17 heavy (non-hydrogen) atoms. The van der Waals surface area contributed by atoms with Crippen molar-refractivity contribution in [2.75, 3.05) is 0 Å². The lowest BCUT2D eigenvalue weighted by Gasteiger charge is -1.96. The molecule has 0 saturated carbocycles. The first-order valence-corrected chi connectivity index (χ1v) is 6.19. The van der Waals surface area contributed by atoms with E-state index in [-0.39, 0.29) is 11.7 Å². The van der Waals surface area contributed by atoms with Crippen LogP contribution in [0.1, 0.15) is 5.56 Å². The maximum absolute atomic E-state index is 11.7. The molecule has 1 fully saturated rings. The van der Waals surface area contributed by atoms with Crippen LogP contribution in [0.25, 0.3) is 0 Å². The Morgan fingerprint density at radius 1 is 1.35 bits per heavy atom. The molecule has 1 heterocycles. The molecule has 1 aliphatic rings. The fourth-order valence-electron chi connectivity index (χ4n) is 1.42. The minimum absolute atomic E-state index is 0.0986. The van der Waals surface area contributed by atoms with Gasteiger partial charge in [0.15, 0.2) is 5.78 Å². The third-order valence-electron chi connectivity index (χ3n) is 2.16. The lowest BCUT2D eigenvalue weighted by molar-refractivity contribution is -0.116. The van der Waals surface area contributed by atoms with Crippen molar-refractivity contribution in [1.29, 1.82) is 0 Å². The smallest absolute Gasteiger partial charge is 0.263 e. The van der Waals surface area contributed by atoms with Crippen LogP contribution in [0.5, 0.6) is 0 Å². The molecule has 5 heteroatoms. The Labute approximate surface area is 108 Å². The molecular formula is C12H9NO2S2. The third-order valence-corrected chi connectivity index (χ3v) is 3.32. The van der Waals surface area contributed by atoms with Crippen LogP contribution in [0.4, 0.5) is 0 Å². The number of hydrogen-bond acceptors (Lipinski definition) is 4. The first kappa shape index (κ1) is 12.0. The predicted octanol–water partition coefficient (Wildman–Crippen LogP) is 1.83. The van der Waals surface area contributed by atoms with Crippen molar-refractivity contribution < 1.29 is 9.59 Å². The summed E-state index contributed by atoms with van der Waals surface area (Å²) in [4.78, 5) is 23.4. The second-order valence-corrected chi connectivity index (χ2v) is 5.20. The van der Waals surface area contributed by atoms with Crippen molar-refractivity contribution >= 4 is 40.0 Å². The lowest BCUT2D eigenvalue weighted by Crippen LogP contribution is -2.18. The van der Waals surface area contributed by atoms with Crippen LogP contribution in [0, 0.1) is 0 Å². The minimum Gasteiger partial charge on any atom is -0.307 e. The van der Waals surface area contributed by atoms with E-state index >= 15 is 0 Å². The first-order valence-electron chi connectivity index (χ1n) is 4.97. The average molecular weight is 263 g/mol. The van der Waals surface area contributed by atoms with Crippen molar-refractivity contribution in [2.45, 2.75) is 6.42 Å². The molecule has 1 aliphatic heterocycles. The zero-order chi connectivity index (χ0) is 12.3. The van der Waals surface area contributed by atoms with Gasteiger partial charge in [-0.05, 0) is 5.56 Å². The summed E-state index contributed by atoms with van der Waals surface area (Å²) >= 11 is 5.96. The minimum atomic E-state index is -0.290. The number of nitrogens with one attached hydrogen (secondary N) is 1. The molecule has 0 bridgehead atoms. The quantitative estimate of drug-likeness (QED) is 0.667. The van der Waals surface area contributed by atoms with E-state index in [1.807, 2.05) is 30.3 Å². The highest BCUT2D eigenvalue weighted by atomic mass is 32.2. The number of thiocarbonyl (C=S) groups is 1. The SMILES string of the molecule is O=C(/C=C1\SC(=S)NC1=O)Cc1ccccc1. The van der Waals surface area contributed by atoms with E-state index < -0.39 is 0 Å². The molecule has 3 nitrogen and oxygen atoms in total. The standard InChI is InChI=1S/C12H9NO2S2/c14-9(6-8-4-2-1-3-5-8)7-10-11(15)13-12(16)17-10/h1-5,7H,6H2,(H,13,15,16)/b10-7-. The second-order valence-electron chi connectivity index (χ2n) is 3.48. The van der Waals surface area contributed by atoms with Gasteiger partial charge >= 0.3 is 0 Å². The van der Waals surface area contributed by atoms with E-state index in [0.717, 1.165) is 17.3 Å². The molecule has 2 rings (SSSR count). The predicted molar refractivity (Wildman–Crippen MR) is 71.6 cm³/mol. The topological polar surface area (TPSA) is 46.2 Å². The van der Waals surface area contributed by atoms with E-state index in [2.05, 4.69) is 5.32 Å².